The van der Waals surface area contributed by atoms with Crippen molar-refractivity contribution in [3.05, 3.63) is 45.3 Å². The molecule has 0 saturated heterocycles. The fourth-order valence-corrected chi connectivity index (χ4v) is 2.25. The number of anilines is 1. The number of nitrogens with one attached hydrogen (secondary N) is 3. The van der Waals surface area contributed by atoms with Gasteiger partial charge in [0.25, 0.3) is 5.91 Å². The molecule has 0 aromatic carbocycles. The molecule has 124 valence electrons. The van der Waals surface area contributed by atoms with Crippen LogP contribution < -0.4 is 10.6 Å². The van der Waals surface area contributed by atoms with Crippen molar-refractivity contribution in [2.75, 3.05) is 18.4 Å². The molecular weight excluding hydrogens is 401 g/mol. The quantitative estimate of drug-likeness (QED) is 0.657. The topological polar surface area (TPSA) is 69.8 Å². The Hall–Kier alpha value is -1.74. The number of aromatic amines is 1. The molecule has 2 aromatic rings. The zero-order valence-corrected chi connectivity index (χ0v) is 13.8. The van der Waals surface area contributed by atoms with Gasteiger partial charge in [-0.3, -0.25) is 4.79 Å². The van der Waals surface area contributed by atoms with E-state index in [0.717, 1.165) is 10.5 Å². The molecule has 0 saturated carbocycles. The van der Waals surface area contributed by atoms with Gasteiger partial charge < -0.3 is 15.6 Å². The summed E-state index contributed by atoms with van der Waals surface area (Å²) in [5.41, 5.74) is -0.527. The summed E-state index contributed by atoms with van der Waals surface area (Å²) in [5.74, 6) is -0.180. The van der Waals surface area contributed by atoms with Gasteiger partial charge in [-0.1, -0.05) is 11.6 Å². The average Bonchev–Trinajstić information content (AvgIpc) is 2.90. The van der Waals surface area contributed by atoms with Gasteiger partial charge in [0.05, 0.1) is 10.6 Å². The molecule has 1 amide bonds. The van der Waals surface area contributed by atoms with Gasteiger partial charge in [0.15, 0.2) is 0 Å². The molecule has 0 aliphatic rings. The lowest BCUT2D eigenvalue weighted by atomic mass is 10.3. The van der Waals surface area contributed by atoms with E-state index in [4.69, 9.17) is 11.6 Å². The van der Waals surface area contributed by atoms with Crippen molar-refractivity contribution in [1.29, 1.82) is 0 Å². The standard InChI is InChI=1S/C13H11BrClF3N4O/c14-8-4-10(21-6-8)12(23)20-2-1-19-11-9(15)3-7(5-22-11)13(16,17)18/h3-6,21H,1-2H2,(H,19,22)(H,20,23). The summed E-state index contributed by atoms with van der Waals surface area (Å²) in [7, 11) is 0. The molecule has 23 heavy (non-hydrogen) atoms. The Labute approximate surface area is 142 Å². The predicted octanol–water partition coefficient (Wildman–Crippen LogP) is 3.69. The van der Waals surface area contributed by atoms with Crippen LogP contribution in [0.25, 0.3) is 0 Å². The van der Waals surface area contributed by atoms with Gasteiger partial charge in [0.1, 0.15) is 11.5 Å². The second-order valence-corrected chi connectivity index (χ2v) is 5.79. The van der Waals surface area contributed by atoms with Crippen LogP contribution in [0.3, 0.4) is 0 Å². The molecule has 0 aliphatic carbocycles. The maximum Gasteiger partial charge on any atom is 0.417 e. The number of carbonyl (C=O) groups excluding carboxylic acids is 1. The SMILES string of the molecule is O=C(NCCNc1ncc(C(F)(F)F)cc1Cl)c1cc(Br)c[nH]1. The normalized spacial score (nSPS) is 11.3. The summed E-state index contributed by atoms with van der Waals surface area (Å²) in [4.78, 5) is 18.1. The van der Waals surface area contributed by atoms with Gasteiger partial charge in [-0.15, -0.1) is 0 Å². The number of hydrogen-bond acceptors (Lipinski definition) is 3. The molecule has 2 rings (SSSR count). The second-order valence-electron chi connectivity index (χ2n) is 4.47. The first kappa shape index (κ1) is 17.6. The molecule has 2 heterocycles. The summed E-state index contributed by atoms with van der Waals surface area (Å²) in [6.45, 7) is 0.500. The van der Waals surface area contributed by atoms with Gasteiger partial charge in [0, 0.05) is 30.0 Å². The lowest BCUT2D eigenvalue weighted by Crippen LogP contribution is -2.29. The van der Waals surface area contributed by atoms with Crippen molar-refractivity contribution in [2.24, 2.45) is 0 Å². The highest BCUT2D eigenvalue weighted by molar-refractivity contribution is 9.10. The summed E-state index contributed by atoms with van der Waals surface area (Å²) < 4.78 is 38.2. The Balaban J connectivity index is 1.83. The average molecular weight is 412 g/mol. The molecule has 10 heteroatoms. The third-order valence-electron chi connectivity index (χ3n) is 2.76. The summed E-state index contributed by atoms with van der Waals surface area (Å²) in [6, 6.07) is 2.42. The Morgan fingerprint density at radius 2 is 2.09 bits per heavy atom. The lowest BCUT2D eigenvalue weighted by molar-refractivity contribution is -0.137. The van der Waals surface area contributed by atoms with E-state index in [1.54, 1.807) is 12.3 Å². The van der Waals surface area contributed by atoms with Crippen LogP contribution in [0, 0.1) is 0 Å². The molecule has 0 spiro atoms. The van der Waals surface area contributed by atoms with Crippen molar-refractivity contribution in [3.63, 3.8) is 0 Å². The molecule has 0 fully saturated rings. The van der Waals surface area contributed by atoms with Crippen LogP contribution in [0.5, 0.6) is 0 Å². The maximum atomic E-state index is 12.5. The van der Waals surface area contributed by atoms with E-state index in [2.05, 4.69) is 36.5 Å². The third kappa shape index (κ3) is 4.87. The maximum absolute atomic E-state index is 12.5. The largest absolute Gasteiger partial charge is 0.417 e. The van der Waals surface area contributed by atoms with E-state index in [-0.39, 0.29) is 29.8 Å². The van der Waals surface area contributed by atoms with E-state index >= 15 is 0 Å². The number of pyridine rings is 1. The highest BCUT2D eigenvalue weighted by Crippen LogP contribution is 2.32. The van der Waals surface area contributed by atoms with E-state index in [9.17, 15) is 18.0 Å². The monoisotopic (exact) mass is 410 g/mol. The molecule has 0 aliphatic heterocycles. The summed E-state index contributed by atoms with van der Waals surface area (Å²) in [6.07, 6.45) is -2.17. The zero-order valence-electron chi connectivity index (χ0n) is 11.5. The minimum atomic E-state index is -4.49. The Kier molecular flexibility index (Phi) is 5.53. The number of carbonyl (C=O) groups is 1. The minimum absolute atomic E-state index is 0.122. The summed E-state index contributed by atoms with van der Waals surface area (Å²) in [5, 5.41) is 5.25. The molecule has 0 unspecified atom stereocenters. The van der Waals surface area contributed by atoms with Crippen molar-refractivity contribution in [2.45, 2.75) is 6.18 Å². The first-order chi connectivity index (χ1) is 10.8. The van der Waals surface area contributed by atoms with Crippen LogP contribution in [0.2, 0.25) is 5.02 Å². The minimum Gasteiger partial charge on any atom is -0.367 e. The predicted molar refractivity (Wildman–Crippen MR) is 83.6 cm³/mol. The van der Waals surface area contributed by atoms with Crippen LogP contribution in [-0.4, -0.2) is 29.0 Å². The van der Waals surface area contributed by atoms with Crippen LogP contribution in [0.1, 0.15) is 16.1 Å². The molecule has 0 radical (unpaired) electrons. The van der Waals surface area contributed by atoms with Crippen molar-refractivity contribution < 1.29 is 18.0 Å². The Morgan fingerprint density at radius 3 is 2.65 bits per heavy atom. The highest BCUT2D eigenvalue weighted by Gasteiger charge is 2.31. The van der Waals surface area contributed by atoms with Gasteiger partial charge in [-0.2, -0.15) is 13.2 Å². The molecule has 0 bridgehead atoms. The van der Waals surface area contributed by atoms with Crippen molar-refractivity contribution >= 4 is 39.3 Å². The first-order valence-electron chi connectivity index (χ1n) is 6.36. The first-order valence-corrected chi connectivity index (χ1v) is 7.53. The highest BCUT2D eigenvalue weighted by atomic mass is 79.9. The van der Waals surface area contributed by atoms with Crippen LogP contribution in [0.15, 0.2) is 29.0 Å². The number of nitrogens with zero attached hydrogens (tertiary/aromatic N) is 1. The van der Waals surface area contributed by atoms with Crippen LogP contribution in [-0.2, 0) is 6.18 Å². The van der Waals surface area contributed by atoms with E-state index in [1.807, 2.05) is 0 Å². The van der Waals surface area contributed by atoms with Gasteiger partial charge >= 0.3 is 6.18 Å². The number of amides is 1. The van der Waals surface area contributed by atoms with Crippen LogP contribution >= 0.6 is 27.5 Å². The molecular formula is C13H11BrClF3N4O. The van der Waals surface area contributed by atoms with Gasteiger partial charge in [-0.25, -0.2) is 4.98 Å². The van der Waals surface area contributed by atoms with E-state index in [1.165, 1.54) is 0 Å². The number of H-pyrrole nitrogens is 1. The van der Waals surface area contributed by atoms with Crippen LogP contribution in [0.4, 0.5) is 19.0 Å². The Morgan fingerprint density at radius 1 is 1.35 bits per heavy atom. The number of alkyl halides is 3. The molecule has 3 N–H and O–H groups in total. The smallest absolute Gasteiger partial charge is 0.367 e. The lowest BCUT2D eigenvalue weighted by Gasteiger charge is -2.11. The Bertz CT molecular complexity index is 705. The molecule has 2 aromatic heterocycles. The third-order valence-corrected chi connectivity index (χ3v) is 3.51. The number of halogens is 5. The van der Waals surface area contributed by atoms with Gasteiger partial charge in [-0.05, 0) is 28.1 Å². The van der Waals surface area contributed by atoms with E-state index < -0.39 is 11.7 Å². The molecule has 5 nitrogen and oxygen atoms in total. The fraction of sp³-hybridized carbons (Fsp3) is 0.231. The second kappa shape index (κ2) is 7.22. The zero-order chi connectivity index (χ0) is 17.0. The van der Waals surface area contributed by atoms with Gasteiger partial charge in [0.2, 0.25) is 0 Å². The van der Waals surface area contributed by atoms with E-state index in [0.29, 0.717) is 11.9 Å². The number of aromatic nitrogens is 2. The van der Waals surface area contributed by atoms with Crippen molar-refractivity contribution in [3.8, 4) is 0 Å². The van der Waals surface area contributed by atoms with Crippen molar-refractivity contribution in [1.82, 2.24) is 15.3 Å². The number of hydrogen-bond donors (Lipinski definition) is 3. The summed E-state index contributed by atoms with van der Waals surface area (Å²) >= 11 is 8.97. The molecule has 0 atom stereocenters. The number of rotatable bonds is 5. The fourth-order valence-electron chi connectivity index (χ4n) is 1.67.